The molecule has 0 N–H and O–H groups in total. The first kappa shape index (κ1) is 13.8. The van der Waals surface area contributed by atoms with Crippen LogP contribution < -0.4 is 0 Å². The van der Waals surface area contributed by atoms with Gasteiger partial charge in [-0.3, -0.25) is 0 Å². The molecule has 0 bridgehead atoms. The Balaban J connectivity index is 1.97. The van der Waals surface area contributed by atoms with Crippen LogP contribution in [0.15, 0.2) is 42.0 Å². The molecular weight excluding hydrogens is 264 g/mol. The SMILES string of the molecule is CCCc1c(C)ccc2c3c(ccc12)C1=C(CCC=C1)CC3. The fraction of sp³-hybridized carbons (Fsp3) is 0.364. The molecule has 22 heavy (non-hydrogen) atoms. The Labute approximate surface area is 133 Å². The quantitative estimate of drug-likeness (QED) is 0.621. The van der Waals surface area contributed by atoms with Crippen molar-refractivity contribution >= 4 is 16.3 Å². The average molecular weight is 288 g/mol. The third-order valence-corrected chi connectivity index (χ3v) is 5.40. The number of allylic oxidation sites excluding steroid dienone is 4. The van der Waals surface area contributed by atoms with Crippen LogP contribution in [0, 0.1) is 6.92 Å². The second kappa shape index (κ2) is 5.43. The van der Waals surface area contributed by atoms with Gasteiger partial charge in [0.25, 0.3) is 0 Å². The highest BCUT2D eigenvalue weighted by atomic mass is 14.3. The second-order valence-corrected chi connectivity index (χ2v) is 6.76. The molecule has 2 aliphatic carbocycles. The van der Waals surface area contributed by atoms with Crippen LogP contribution in [0.3, 0.4) is 0 Å². The highest BCUT2D eigenvalue weighted by Crippen LogP contribution is 2.40. The number of aryl methyl sites for hydroxylation is 3. The third kappa shape index (κ3) is 2.05. The smallest absolute Gasteiger partial charge is 0.0143 e. The van der Waals surface area contributed by atoms with Gasteiger partial charge in [-0.2, -0.15) is 0 Å². The van der Waals surface area contributed by atoms with E-state index in [0.717, 1.165) is 0 Å². The predicted octanol–water partition coefficient (Wildman–Crippen LogP) is 6.15. The minimum Gasteiger partial charge on any atom is -0.0836 e. The highest BCUT2D eigenvalue weighted by Gasteiger charge is 2.21. The van der Waals surface area contributed by atoms with Crippen LogP contribution in [-0.4, -0.2) is 0 Å². The van der Waals surface area contributed by atoms with Crippen molar-refractivity contribution in [2.75, 3.05) is 0 Å². The maximum absolute atomic E-state index is 2.39. The van der Waals surface area contributed by atoms with E-state index < -0.39 is 0 Å². The Morgan fingerprint density at radius 3 is 2.68 bits per heavy atom. The van der Waals surface area contributed by atoms with Crippen molar-refractivity contribution in [3.05, 3.63) is 64.2 Å². The molecule has 0 atom stereocenters. The summed E-state index contributed by atoms with van der Waals surface area (Å²) in [6.07, 6.45) is 12.1. The van der Waals surface area contributed by atoms with E-state index in [4.69, 9.17) is 0 Å². The Bertz CT molecular complexity index is 802. The lowest BCUT2D eigenvalue weighted by molar-refractivity contribution is 0.831. The monoisotopic (exact) mass is 288 g/mol. The molecule has 2 aromatic carbocycles. The lowest BCUT2D eigenvalue weighted by Gasteiger charge is -2.26. The van der Waals surface area contributed by atoms with Crippen molar-refractivity contribution in [1.29, 1.82) is 0 Å². The summed E-state index contributed by atoms with van der Waals surface area (Å²) in [6.45, 7) is 4.54. The minimum atomic E-state index is 1.19. The lowest BCUT2D eigenvalue weighted by atomic mass is 9.79. The first-order chi connectivity index (χ1) is 10.8. The third-order valence-electron chi connectivity index (χ3n) is 5.40. The van der Waals surface area contributed by atoms with Crippen LogP contribution in [0.4, 0.5) is 0 Å². The number of hydrogen-bond donors (Lipinski definition) is 0. The summed E-state index contributed by atoms with van der Waals surface area (Å²) >= 11 is 0. The molecule has 0 amide bonds. The molecule has 2 aliphatic rings. The van der Waals surface area contributed by atoms with Gasteiger partial charge >= 0.3 is 0 Å². The molecule has 0 nitrogen and oxygen atoms in total. The number of rotatable bonds is 2. The van der Waals surface area contributed by atoms with Crippen LogP contribution in [0.25, 0.3) is 16.3 Å². The average Bonchev–Trinajstić information content (AvgIpc) is 2.56. The first-order valence-electron chi connectivity index (χ1n) is 8.72. The lowest BCUT2D eigenvalue weighted by Crippen LogP contribution is -2.07. The standard InChI is InChI=1S/C22H24/c1-3-6-17-15(2)9-11-21-19(17)13-14-20-18-8-5-4-7-16(18)10-12-22(20)21/h5,8-9,11,13-14H,3-4,6-7,10,12H2,1-2H3. The molecule has 0 aromatic heterocycles. The highest BCUT2D eigenvalue weighted by molar-refractivity contribution is 5.96. The van der Waals surface area contributed by atoms with Gasteiger partial charge in [0.05, 0.1) is 0 Å². The molecule has 0 fully saturated rings. The summed E-state index contributed by atoms with van der Waals surface area (Å²) in [7, 11) is 0. The maximum Gasteiger partial charge on any atom is -0.0143 e. The fourth-order valence-electron chi connectivity index (χ4n) is 4.27. The van der Waals surface area contributed by atoms with Crippen molar-refractivity contribution in [2.24, 2.45) is 0 Å². The van der Waals surface area contributed by atoms with Crippen molar-refractivity contribution in [1.82, 2.24) is 0 Å². The normalized spacial score (nSPS) is 16.8. The molecule has 0 heterocycles. The predicted molar refractivity (Wildman–Crippen MR) is 96.3 cm³/mol. The Kier molecular flexibility index (Phi) is 3.41. The van der Waals surface area contributed by atoms with E-state index in [-0.39, 0.29) is 0 Å². The largest absolute Gasteiger partial charge is 0.0836 e. The van der Waals surface area contributed by atoms with Crippen molar-refractivity contribution < 1.29 is 0 Å². The van der Waals surface area contributed by atoms with Gasteiger partial charge < -0.3 is 0 Å². The molecule has 0 saturated heterocycles. The molecule has 0 unspecified atom stereocenters. The summed E-state index contributed by atoms with van der Waals surface area (Å²) in [4.78, 5) is 0. The fourth-order valence-corrected chi connectivity index (χ4v) is 4.27. The van der Waals surface area contributed by atoms with E-state index in [2.05, 4.69) is 50.3 Å². The van der Waals surface area contributed by atoms with Crippen LogP contribution in [0.1, 0.15) is 54.9 Å². The summed E-state index contributed by atoms with van der Waals surface area (Å²) in [5, 5.41) is 2.99. The molecule has 4 rings (SSSR count). The molecule has 0 saturated carbocycles. The molecule has 2 aromatic rings. The first-order valence-corrected chi connectivity index (χ1v) is 8.72. The topological polar surface area (TPSA) is 0 Å². The van der Waals surface area contributed by atoms with Gasteiger partial charge in [0, 0.05) is 0 Å². The second-order valence-electron chi connectivity index (χ2n) is 6.76. The molecular formula is C22H24. The summed E-state index contributed by atoms with van der Waals surface area (Å²) in [5.41, 5.74) is 9.28. The van der Waals surface area contributed by atoms with Gasteiger partial charge in [-0.05, 0) is 77.6 Å². The van der Waals surface area contributed by atoms with Gasteiger partial charge in [-0.25, -0.2) is 0 Å². The molecule has 0 aliphatic heterocycles. The van der Waals surface area contributed by atoms with Crippen LogP contribution in [-0.2, 0) is 12.8 Å². The van der Waals surface area contributed by atoms with E-state index >= 15 is 0 Å². The molecule has 0 spiro atoms. The minimum absolute atomic E-state index is 1.19. The van der Waals surface area contributed by atoms with Crippen LogP contribution >= 0.6 is 0 Å². The van der Waals surface area contributed by atoms with Gasteiger partial charge in [-0.15, -0.1) is 0 Å². The maximum atomic E-state index is 2.39. The van der Waals surface area contributed by atoms with E-state index in [1.165, 1.54) is 66.0 Å². The Hall–Kier alpha value is -1.82. The molecule has 0 heteroatoms. The van der Waals surface area contributed by atoms with Crippen LogP contribution in [0.2, 0.25) is 0 Å². The van der Waals surface area contributed by atoms with Crippen molar-refractivity contribution in [3.8, 4) is 0 Å². The molecule has 112 valence electrons. The summed E-state index contributed by atoms with van der Waals surface area (Å²) < 4.78 is 0. The van der Waals surface area contributed by atoms with E-state index in [1.807, 2.05) is 0 Å². The number of hydrogen-bond acceptors (Lipinski definition) is 0. The van der Waals surface area contributed by atoms with Gasteiger partial charge in [0.15, 0.2) is 0 Å². The Morgan fingerprint density at radius 2 is 1.82 bits per heavy atom. The zero-order valence-corrected chi connectivity index (χ0v) is 13.7. The van der Waals surface area contributed by atoms with Gasteiger partial charge in [0.2, 0.25) is 0 Å². The zero-order valence-electron chi connectivity index (χ0n) is 13.7. The zero-order chi connectivity index (χ0) is 15.1. The van der Waals surface area contributed by atoms with E-state index in [9.17, 15) is 0 Å². The van der Waals surface area contributed by atoms with Crippen LogP contribution in [0.5, 0.6) is 0 Å². The van der Waals surface area contributed by atoms with E-state index in [0.29, 0.717) is 0 Å². The number of fused-ring (bicyclic) bond motifs is 4. The van der Waals surface area contributed by atoms with E-state index in [1.54, 1.807) is 16.7 Å². The Morgan fingerprint density at radius 1 is 0.955 bits per heavy atom. The van der Waals surface area contributed by atoms with Gasteiger partial charge in [-0.1, -0.05) is 55.3 Å². The van der Waals surface area contributed by atoms with Crippen molar-refractivity contribution in [3.63, 3.8) is 0 Å². The summed E-state index contributed by atoms with van der Waals surface area (Å²) in [6, 6.07) is 9.46. The summed E-state index contributed by atoms with van der Waals surface area (Å²) in [5.74, 6) is 0. The van der Waals surface area contributed by atoms with Gasteiger partial charge in [0.1, 0.15) is 0 Å². The number of benzene rings is 2. The molecule has 0 radical (unpaired) electrons. The van der Waals surface area contributed by atoms with Crippen molar-refractivity contribution in [2.45, 2.75) is 52.4 Å².